The number of hydrogen-bond donors (Lipinski definition) is 1. The van der Waals surface area contributed by atoms with E-state index in [2.05, 4.69) is 0 Å². The first-order chi connectivity index (χ1) is 13.3. The molecule has 2 aliphatic rings. The van der Waals surface area contributed by atoms with E-state index in [4.69, 9.17) is 17.3 Å². The predicted octanol–water partition coefficient (Wildman–Crippen LogP) is 1.61. The molecule has 0 radical (unpaired) electrons. The number of nitrogens with zero attached hydrogens (tertiary/aromatic N) is 2. The van der Waals surface area contributed by atoms with Crippen molar-refractivity contribution in [2.45, 2.75) is 31.4 Å². The van der Waals surface area contributed by atoms with Crippen LogP contribution in [0.4, 0.5) is 0 Å². The summed E-state index contributed by atoms with van der Waals surface area (Å²) in [5.74, 6) is -0.695. The Morgan fingerprint density at radius 3 is 2.14 bits per heavy atom. The second kappa shape index (κ2) is 8.80. The molecule has 0 saturated carbocycles. The van der Waals surface area contributed by atoms with Gasteiger partial charge in [-0.05, 0) is 37.3 Å². The molecular weight excluding hydrogens is 402 g/mol. The first kappa shape index (κ1) is 21.1. The second-order valence-electron chi connectivity index (χ2n) is 7.52. The lowest BCUT2D eigenvalue weighted by molar-refractivity contribution is -0.139. The van der Waals surface area contributed by atoms with E-state index in [1.54, 1.807) is 29.2 Å². The summed E-state index contributed by atoms with van der Waals surface area (Å²) in [6.07, 6.45) is 2.23. The van der Waals surface area contributed by atoms with Gasteiger partial charge in [0.2, 0.25) is 21.8 Å². The van der Waals surface area contributed by atoms with Crippen molar-refractivity contribution >= 4 is 33.4 Å². The number of likely N-dealkylation sites (tertiary alicyclic amines) is 1. The van der Waals surface area contributed by atoms with Crippen molar-refractivity contribution in [2.24, 2.45) is 17.6 Å². The van der Waals surface area contributed by atoms with E-state index in [0.29, 0.717) is 62.4 Å². The highest BCUT2D eigenvalue weighted by Gasteiger charge is 2.35. The fraction of sp³-hybridized carbons (Fsp3) is 0.579. The van der Waals surface area contributed by atoms with Gasteiger partial charge in [0.25, 0.3) is 0 Å². The largest absolute Gasteiger partial charge is 0.369 e. The van der Waals surface area contributed by atoms with E-state index < -0.39 is 10.0 Å². The van der Waals surface area contributed by atoms with Gasteiger partial charge in [-0.25, -0.2) is 12.7 Å². The SMILES string of the molecule is NC(=O)C1CCN(C(=O)C2CCN(S(=O)(=O)Cc3ccccc3Cl)CC2)CC1. The van der Waals surface area contributed by atoms with Crippen LogP contribution in [0.15, 0.2) is 24.3 Å². The van der Waals surface area contributed by atoms with Crippen LogP contribution in [0.1, 0.15) is 31.2 Å². The van der Waals surface area contributed by atoms with Crippen molar-refractivity contribution in [3.63, 3.8) is 0 Å². The van der Waals surface area contributed by atoms with Gasteiger partial charge in [0, 0.05) is 43.0 Å². The minimum atomic E-state index is -3.48. The van der Waals surface area contributed by atoms with Gasteiger partial charge in [-0.3, -0.25) is 9.59 Å². The van der Waals surface area contributed by atoms with Crippen LogP contribution >= 0.6 is 11.6 Å². The molecule has 2 amide bonds. The van der Waals surface area contributed by atoms with Crippen LogP contribution in [0.5, 0.6) is 0 Å². The van der Waals surface area contributed by atoms with Crippen LogP contribution in [-0.2, 0) is 25.4 Å². The van der Waals surface area contributed by atoms with Crippen LogP contribution in [0.25, 0.3) is 0 Å². The normalized spacial score (nSPS) is 20.2. The molecule has 0 unspecified atom stereocenters. The lowest BCUT2D eigenvalue weighted by Gasteiger charge is -2.36. The molecule has 0 spiro atoms. The summed E-state index contributed by atoms with van der Waals surface area (Å²) in [5, 5.41) is 0.440. The summed E-state index contributed by atoms with van der Waals surface area (Å²) in [6.45, 7) is 1.75. The third kappa shape index (κ3) is 4.85. The van der Waals surface area contributed by atoms with Crippen LogP contribution < -0.4 is 5.73 Å². The van der Waals surface area contributed by atoms with Crippen molar-refractivity contribution in [2.75, 3.05) is 26.2 Å². The molecule has 2 fully saturated rings. The molecule has 1 aromatic rings. The van der Waals surface area contributed by atoms with Gasteiger partial charge in [0.05, 0.1) is 5.75 Å². The molecule has 7 nitrogen and oxygen atoms in total. The van der Waals surface area contributed by atoms with Crippen LogP contribution in [0.2, 0.25) is 5.02 Å². The van der Waals surface area contributed by atoms with Gasteiger partial charge in [-0.2, -0.15) is 0 Å². The summed E-state index contributed by atoms with van der Waals surface area (Å²) in [5.41, 5.74) is 5.92. The van der Waals surface area contributed by atoms with Crippen molar-refractivity contribution in [1.82, 2.24) is 9.21 Å². The van der Waals surface area contributed by atoms with Gasteiger partial charge >= 0.3 is 0 Å². The number of benzene rings is 1. The molecule has 28 heavy (non-hydrogen) atoms. The summed E-state index contributed by atoms with van der Waals surface area (Å²) in [4.78, 5) is 25.8. The molecule has 0 bridgehead atoms. The first-order valence-corrected chi connectivity index (χ1v) is 11.6. The number of primary amides is 1. The highest BCUT2D eigenvalue weighted by molar-refractivity contribution is 7.88. The Morgan fingerprint density at radius 1 is 1.00 bits per heavy atom. The molecule has 154 valence electrons. The standard InChI is InChI=1S/C19H26ClN3O4S/c20-17-4-2-1-3-16(17)13-28(26,27)23-11-7-15(8-12-23)19(25)22-9-5-14(6-10-22)18(21)24/h1-4,14-15H,5-13H2,(H2,21,24). The minimum absolute atomic E-state index is 0.0612. The smallest absolute Gasteiger partial charge is 0.225 e. The monoisotopic (exact) mass is 427 g/mol. The van der Waals surface area contributed by atoms with Crippen molar-refractivity contribution in [1.29, 1.82) is 0 Å². The Bertz CT molecular complexity index is 829. The number of hydrogen-bond acceptors (Lipinski definition) is 4. The van der Waals surface area contributed by atoms with Crippen LogP contribution in [0, 0.1) is 11.8 Å². The topological polar surface area (TPSA) is 101 Å². The van der Waals surface area contributed by atoms with E-state index in [1.807, 2.05) is 0 Å². The third-order valence-electron chi connectivity index (χ3n) is 5.70. The van der Waals surface area contributed by atoms with E-state index in [1.165, 1.54) is 4.31 Å². The lowest BCUT2D eigenvalue weighted by atomic mass is 9.92. The van der Waals surface area contributed by atoms with Crippen molar-refractivity contribution in [3.05, 3.63) is 34.9 Å². The molecule has 0 aromatic heterocycles. The number of piperidine rings is 2. The van der Waals surface area contributed by atoms with Crippen LogP contribution in [0.3, 0.4) is 0 Å². The number of halogens is 1. The quantitative estimate of drug-likeness (QED) is 0.771. The fourth-order valence-electron chi connectivity index (χ4n) is 3.93. The third-order valence-corrected chi connectivity index (χ3v) is 7.90. The highest BCUT2D eigenvalue weighted by Crippen LogP contribution is 2.27. The summed E-state index contributed by atoms with van der Waals surface area (Å²) in [6, 6.07) is 6.93. The zero-order valence-corrected chi connectivity index (χ0v) is 17.3. The van der Waals surface area contributed by atoms with Gasteiger partial charge in [-0.15, -0.1) is 0 Å². The lowest BCUT2D eigenvalue weighted by Crippen LogP contribution is -2.47. The Kier molecular flexibility index (Phi) is 6.62. The number of amides is 2. The molecule has 2 N–H and O–H groups in total. The Hall–Kier alpha value is -1.64. The average molecular weight is 428 g/mol. The molecule has 3 rings (SSSR count). The number of sulfonamides is 1. The maximum Gasteiger partial charge on any atom is 0.225 e. The highest BCUT2D eigenvalue weighted by atomic mass is 35.5. The molecule has 2 heterocycles. The molecule has 2 saturated heterocycles. The first-order valence-electron chi connectivity index (χ1n) is 9.57. The zero-order valence-electron chi connectivity index (χ0n) is 15.7. The summed E-state index contributed by atoms with van der Waals surface area (Å²) in [7, 11) is -3.48. The minimum Gasteiger partial charge on any atom is -0.369 e. The summed E-state index contributed by atoms with van der Waals surface area (Å²) < 4.78 is 26.9. The average Bonchev–Trinajstić information content (AvgIpc) is 2.69. The van der Waals surface area contributed by atoms with E-state index in [-0.39, 0.29) is 29.4 Å². The van der Waals surface area contributed by atoms with E-state index in [9.17, 15) is 18.0 Å². The maximum absolute atomic E-state index is 12.7. The predicted molar refractivity (Wildman–Crippen MR) is 107 cm³/mol. The summed E-state index contributed by atoms with van der Waals surface area (Å²) >= 11 is 6.09. The van der Waals surface area contributed by atoms with Gasteiger partial charge in [-0.1, -0.05) is 29.8 Å². The van der Waals surface area contributed by atoms with Gasteiger partial charge in [0.1, 0.15) is 0 Å². The van der Waals surface area contributed by atoms with Crippen LogP contribution in [-0.4, -0.2) is 55.6 Å². The Balaban J connectivity index is 1.53. The number of carbonyl (C=O) groups is 2. The maximum atomic E-state index is 12.7. The zero-order chi connectivity index (χ0) is 20.3. The second-order valence-corrected chi connectivity index (χ2v) is 9.90. The number of carbonyl (C=O) groups excluding carboxylic acids is 2. The van der Waals surface area contributed by atoms with E-state index >= 15 is 0 Å². The molecule has 9 heteroatoms. The van der Waals surface area contributed by atoms with Gasteiger partial charge in [0.15, 0.2) is 0 Å². The fourth-order valence-corrected chi connectivity index (χ4v) is 5.80. The Labute approximate surface area is 170 Å². The number of rotatable bonds is 5. The molecule has 0 aliphatic carbocycles. The number of nitrogens with two attached hydrogens (primary N) is 1. The van der Waals surface area contributed by atoms with Crippen molar-refractivity contribution < 1.29 is 18.0 Å². The Morgan fingerprint density at radius 2 is 1.57 bits per heavy atom. The van der Waals surface area contributed by atoms with E-state index in [0.717, 1.165) is 0 Å². The van der Waals surface area contributed by atoms with Gasteiger partial charge < -0.3 is 10.6 Å². The molecule has 1 aromatic carbocycles. The van der Waals surface area contributed by atoms with Crippen molar-refractivity contribution in [3.8, 4) is 0 Å². The molecular formula is C19H26ClN3O4S. The molecule has 0 atom stereocenters. The molecule has 2 aliphatic heterocycles.